The highest BCUT2D eigenvalue weighted by Gasteiger charge is 2.15. The number of aliphatic hydroxyl groups excluding tert-OH is 1. The summed E-state index contributed by atoms with van der Waals surface area (Å²) in [7, 11) is 0. The molecule has 2 aromatic carbocycles. The second-order valence-corrected chi connectivity index (χ2v) is 5.65. The van der Waals surface area contributed by atoms with E-state index in [1.54, 1.807) is 13.0 Å². The molecule has 2 rings (SSSR count). The first-order chi connectivity index (χ1) is 10.5. The maximum atomic E-state index is 10.1. The van der Waals surface area contributed by atoms with Crippen LogP contribution < -0.4 is 0 Å². The van der Waals surface area contributed by atoms with Gasteiger partial charge in [0, 0.05) is 18.1 Å². The van der Waals surface area contributed by atoms with Gasteiger partial charge in [0.2, 0.25) is 0 Å². The van der Waals surface area contributed by atoms with Gasteiger partial charge in [-0.25, -0.2) is 0 Å². The van der Waals surface area contributed by atoms with Crippen molar-refractivity contribution in [2.75, 3.05) is 0 Å². The lowest BCUT2D eigenvalue weighted by atomic mass is 9.93. The van der Waals surface area contributed by atoms with Crippen LogP contribution in [0, 0.1) is 0 Å². The van der Waals surface area contributed by atoms with Crippen LogP contribution in [-0.2, 0) is 19.3 Å². The third kappa shape index (κ3) is 4.12. The molecule has 0 aliphatic rings. The number of phenols is 2. The summed E-state index contributed by atoms with van der Waals surface area (Å²) in [4.78, 5) is 0. The summed E-state index contributed by atoms with van der Waals surface area (Å²) in [6.45, 7) is 5.50. The van der Waals surface area contributed by atoms with Gasteiger partial charge in [0.1, 0.15) is 11.5 Å². The Hall–Kier alpha value is -2.26. The lowest BCUT2D eigenvalue weighted by molar-refractivity contribution is 0.210. The molecule has 3 heteroatoms. The van der Waals surface area contributed by atoms with Gasteiger partial charge in [-0.1, -0.05) is 42.5 Å². The molecule has 116 valence electrons. The molecule has 0 aromatic heterocycles. The Labute approximate surface area is 131 Å². The van der Waals surface area contributed by atoms with Crippen LogP contribution >= 0.6 is 0 Å². The van der Waals surface area contributed by atoms with E-state index < -0.39 is 6.10 Å². The predicted molar refractivity (Wildman–Crippen MR) is 88.1 cm³/mol. The van der Waals surface area contributed by atoms with Crippen molar-refractivity contribution in [3.8, 4) is 11.5 Å². The fourth-order valence-corrected chi connectivity index (χ4v) is 2.45. The Morgan fingerprint density at radius 1 is 1.09 bits per heavy atom. The van der Waals surface area contributed by atoms with E-state index in [1.165, 1.54) is 11.6 Å². The van der Waals surface area contributed by atoms with Gasteiger partial charge in [-0.15, -0.1) is 0 Å². The smallest absolute Gasteiger partial charge is 0.122 e. The molecule has 0 saturated heterocycles. The largest absolute Gasteiger partial charge is 0.508 e. The topological polar surface area (TPSA) is 60.7 Å². The van der Waals surface area contributed by atoms with E-state index >= 15 is 0 Å². The molecular weight excluding hydrogens is 276 g/mol. The van der Waals surface area contributed by atoms with E-state index in [-0.39, 0.29) is 11.5 Å². The van der Waals surface area contributed by atoms with Gasteiger partial charge in [0.05, 0.1) is 6.10 Å². The molecule has 1 atom stereocenters. The highest BCUT2D eigenvalue weighted by molar-refractivity contribution is 5.46. The highest BCUT2D eigenvalue weighted by atomic mass is 16.3. The quantitative estimate of drug-likeness (QED) is 0.717. The number of hydrogen-bond acceptors (Lipinski definition) is 3. The summed E-state index contributed by atoms with van der Waals surface area (Å²) in [5.74, 6) is 0.0532. The first kappa shape index (κ1) is 16.1. The molecule has 0 heterocycles. The second kappa shape index (κ2) is 7.14. The molecule has 0 fully saturated rings. The van der Waals surface area contributed by atoms with Gasteiger partial charge >= 0.3 is 0 Å². The van der Waals surface area contributed by atoms with Gasteiger partial charge in [-0.2, -0.15) is 0 Å². The van der Waals surface area contributed by atoms with Crippen LogP contribution in [0.5, 0.6) is 11.5 Å². The Balaban J connectivity index is 2.23. The van der Waals surface area contributed by atoms with Crippen molar-refractivity contribution in [3.05, 3.63) is 71.3 Å². The summed E-state index contributed by atoms with van der Waals surface area (Å²) in [6.07, 6.45) is 1.08. The SMILES string of the molecule is C=C(C)[C@H](O)Cc1c(O)cc(O)cc1CCc1ccccc1. The first-order valence-corrected chi connectivity index (χ1v) is 7.38. The molecule has 0 radical (unpaired) electrons. The molecule has 0 bridgehead atoms. The molecule has 2 aromatic rings. The molecule has 0 aliphatic carbocycles. The van der Waals surface area contributed by atoms with Crippen LogP contribution in [0.4, 0.5) is 0 Å². The van der Waals surface area contributed by atoms with Crippen LogP contribution in [0.2, 0.25) is 0 Å². The molecule has 22 heavy (non-hydrogen) atoms. The zero-order chi connectivity index (χ0) is 16.1. The minimum atomic E-state index is -0.703. The molecule has 0 amide bonds. The number of hydrogen-bond donors (Lipinski definition) is 3. The van der Waals surface area contributed by atoms with E-state index in [4.69, 9.17) is 0 Å². The summed E-state index contributed by atoms with van der Waals surface area (Å²) in [5, 5.41) is 29.8. The summed E-state index contributed by atoms with van der Waals surface area (Å²) in [6, 6.07) is 13.0. The van der Waals surface area contributed by atoms with Crippen molar-refractivity contribution < 1.29 is 15.3 Å². The number of rotatable bonds is 6. The van der Waals surface area contributed by atoms with Crippen molar-refractivity contribution in [2.24, 2.45) is 0 Å². The lowest BCUT2D eigenvalue weighted by Crippen LogP contribution is -2.13. The average molecular weight is 298 g/mol. The third-order valence-corrected chi connectivity index (χ3v) is 3.80. The number of aryl methyl sites for hydroxylation is 2. The van der Waals surface area contributed by atoms with E-state index in [0.717, 1.165) is 12.0 Å². The van der Waals surface area contributed by atoms with E-state index in [9.17, 15) is 15.3 Å². The number of phenolic OH excluding ortho intramolecular Hbond substituents is 2. The Morgan fingerprint density at radius 2 is 1.77 bits per heavy atom. The monoisotopic (exact) mass is 298 g/mol. The molecule has 0 spiro atoms. The molecular formula is C19H22O3. The van der Waals surface area contributed by atoms with E-state index in [2.05, 4.69) is 6.58 Å². The number of benzene rings is 2. The first-order valence-electron chi connectivity index (χ1n) is 7.38. The number of aromatic hydroxyl groups is 2. The number of aliphatic hydroxyl groups is 1. The molecule has 0 unspecified atom stereocenters. The fourth-order valence-electron chi connectivity index (χ4n) is 2.45. The maximum absolute atomic E-state index is 10.1. The summed E-state index contributed by atoms with van der Waals surface area (Å²) < 4.78 is 0. The zero-order valence-electron chi connectivity index (χ0n) is 12.8. The predicted octanol–water partition coefficient (Wildman–Crippen LogP) is 3.36. The minimum Gasteiger partial charge on any atom is -0.508 e. The summed E-state index contributed by atoms with van der Waals surface area (Å²) >= 11 is 0. The third-order valence-electron chi connectivity index (χ3n) is 3.80. The van der Waals surface area contributed by atoms with Crippen LogP contribution in [0.15, 0.2) is 54.6 Å². The van der Waals surface area contributed by atoms with Crippen molar-refractivity contribution >= 4 is 0 Å². The highest BCUT2D eigenvalue weighted by Crippen LogP contribution is 2.30. The van der Waals surface area contributed by atoms with Gasteiger partial charge in [-0.05, 0) is 37.0 Å². The van der Waals surface area contributed by atoms with Crippen molar-refractivity contribution in [1.29, 1.82) is 0 Å². The Kier molecular flexibility index (Phi) is 5.23. The molecule has 3 N–H and O–H groups in total. The van der Waals surface area contributed by atoms with E-state index in [0.29, 0.717) is 24.0 Å². The second-order valence-electron chi connectivity index (χ2n) is 5.65. The van der Waals surface area contributed by atoms with Crippen molar-refractivity contribution in [3.63, 3.8) is 0 Å². The maximum Gasteiger partial charge on any atom is 0.122 e. The normalized spacial score (nSPS) is 12.1. The van der Waals surface area contributed by atoms with Gasteiger partial charge < -0.3 is 15.3 Å². The standard InChI is InChI=1S/C19H22O3/c1-13(2)18(21)12-17-15(10-16(20)11-19(17)22)9-8-14-6-4-3-5-7-14/h3-7,10-11,18,20-22H,1,8-9,12H2,2H3/t18-/m1/s1. The van der Waals surface area contributed by atoms with Crippen LogP contribution in [-0.4, -0.2) is 21.4 Å². The van der Waals surface area contributed by atoms with Crippen LogP contribution in [0.25, 0.3) is 0 Å². The van der Waals surface area contributed by atoms with Gasteiger partial charge in [0.25, 0.3) is 0 Å². The fraction of sp³-hybridized carbons (Fsp3) is 0.263. The Bertz CT molecular complexity index is 647. The van der Waals surface area contributed by atoms with Crippen molar-refractivity contribution in [1.82, 2.24) is 0 Å². The zero-order valence-corrected chi connectivity index (χ0v) is 12.8. The Morgan fingerprint density at radius 3 is 2.41 bits per heavy atom. The van der Waals surface area contributed by atoms with Gasteiger partial charge in [0.15, 0.2) is 0 Å². The van der Waals surface area contributed by atoms with E-state index in [1.807, 2.05) is 30.3 Å². The molecule has 0 saturated carbocycles. The van der Waals surface area contributed by atoms with Crippen LogP contribution in [0.1, 0.15) is 23.6 Å². The minimum absolute atomic E-state index is 0.0170. The molecule has 3 nitrogen and oxygen atoms in total. The van der Waals surface area contributed by atoms with Crippen LogP contribution in [0.3, 0.4) is 0 Å². The van der Waals surface area contributed by atoms with Crippen molar-refractivity contribution in [2.45, 2.75) is 32.3 Å². The van der Waals surface area contributed by atoms with Gasteiger partial charge in [-0.3, -0.25) is 0 Å². The summed E-state index contributed by atoms with van der Waals surface area (Å²) in [5.41, 5.74) is 3.36. The molecule has 0 aliphatic heterocycles. The average Bonchev–Trinajstić information content (AvgIpc) is 2.48. The lowest BCUT2D eigenvalue weighted by Gasteiger charge is -2.16.